The van der Waals surface area contributed by atoms with Crippen molar-refractivity contribution in [3.8, 4) is 0 Å². The molecule has 0 N–H and O–H groups in total. The van der Waals surface area contributed by atoms with E-state index in [2.05, 4.69) is 25.9 Å². The molecule has 0 radical (unpaired) electrons. The lowest BCUT2D eigenvalue weighted by Gasteiger charge is -2.05. The third-order valence-corrected chi connectivity index (χ3v) is 2.84. The summed E-state index contributed by atoms with van der Waals surface area (Å²) < 4.78 is 1.90. The summed E-state index contributed by atoms with van der Waals surface area (Å²) in [5, 5.41) is 0.213. The molecular formula is C9H7BrClN3O. The van der Waals surface area contributed by atoms with Gasteiger partial charge >= 0.3 is 0 Å². The van der Waals surface area contributed by atoms with Gasteiger partial charge in [0.1, 0.15) is 4.60 Å². The van der Waals surface area contributed by atoms with Crippen molar-refractivity contribution in [2.45, 2.75) is 13.8 Å². The van der Waals surface area contributed by atoms with Crippen LogP contribution in [0.25, 0.3) is 5.65 Å². The number of aromatic nitrogens is 3. The lowest BCUT2D eigenvalue weighted by molar-refractivity contribution is 0.957. The van der Waals surface area contributed by atoms with Crippen LogP contribution >= 0.6 is 27.5 Å². The minimum absolute atomic E-state index is 0.123. The van der Waals surface area contributed by atoms with Crippen molar-refractivity contribution in [2.24, 2.45) is 0 Å². The highest BCUT2D eigenvalue weighted by Gasteiger charge is 2.09. The molecule has 0 aliphatic heterocycles. The summed E-state index contributed by atoms with van der Waals surface area (Å²) >= 11 is 9.07. The molecule has 0 saturated carbocycles. The molecule has 4 nitrogen and oxygen atoms in total. The van der Waals surface area contributed by atoms with Crippen LogP contribution in [0, 0.1) is 13.8 Å². The first-order valence-electron chi connectivity index (χ1n) is 4.22. The molecule has 6 heteroatoms. The highest BCUT2D eigenvalue weighted by atomic mass is 79.9. The van der Waals surface area contributed by atoms with Crippen LogP contribution in [0.15, 0.2) is 15.6 Å². The standard InChI is InChI=1S/C9H7BrClN3O/c1-4-5(2)12-8-7(11)13-6(10)3-14(8)9(4)15/h3H,1-2H3. The van der Waals surface area contributed by atoms with Crippen molar-refractivity contribution in [1.29, 1.82) is 0 Å². The van der Waals surface area contributed by atoms with Gasteiger partial charge in [-0.2, -0.15) is 0 Å². The molecular weight excluding hydrogens is 281 g/mol. The van der Waals surface area contributed by atoms with Gasteiger partial charge in [0.05, 0.1) is 0 Å². The molecule has 2 aromatic heterocycles. The predicted octanol–water partition coefficient (Wildman–Crippen LogP) is 2.12. The zero-order chi connectivity index (χ0) is 11.2. The van der Waals surface area contributed by atoms with Crippen molar-refractivity contribution in [2.75, 3.05) is 0 Å². The van der Waals surface area contributed by atoms with Crippen LogP contribution in [0.5, 0.6) is 0 Å². The number of nitrogens with zero attached hydrogens (tertiary/aromatic N) is 3. The van der Waals surface area contributed by atoms with E-state index in [9.17, 15) is 4.79 Å². The Morgan fingerprint density at radius 1 is 1.40 bits per heavy atom. The second kappa shape index (κ2) is 3.57. The maximum Gasteiger partial charge on any atom is 0.261 e. The second-order valence-electron chi connectivity index (χ2n) is 3.18. The number of aryl methyl sites for hydroxylation is 1. The molecule has 0 atom stereocenters. The van der Waals surface area contributed by atoms with Gasteiger partial charge in [0.2, 0.25) is 0 Å². The van der Waals surface area contributed by atoms with Crippen LogP contribution in [0.4, 0.5) is 0 Å². The summed E-state index contributed by atoms with van der Waals surface area (Å²) in [6.07, 6.45) is 1.56. The van der Waals surface area contributed by atoms with Gasteiger partial charge in [-0.25, -0.2) is 9.97 Å². The monoisotopic (exact) mass is 287 g/mol. The quantitative estimate of drug-likeness (QED) is 0.746. The fraction of sp³-hybridized carbons (Fsp3) is 0.222. The molecule has 0 fully saturated rings. The Balaban J connectivity index is 3.06. The van der Waals surface area contributed by atoms with E-state index in [0.717, 1.165) is 0 Å². The minimum atomic E-state index is -0.123. The van der Waals surface area contributed by atoms with Gasteiger partial charge < -0.3 is 0 Å². The van der Waals surface area contributed by atoms with Crippen LogP contribution in [0.3, 0.4) is 0 Å². The van der Waals surface area contributed by atoms with Gasteiger partial charge in [-0.15, -0.1) is 0 Å². The van der Waals surface area contributed by atoms with Crippen LogP contribution in [0.2, 0.25) is 5.15 Å². The number of hydrogen-bond acceptors (Lipinski definition) is 3. The molecule has 0 aliphatic carbocycles. The molecule has 0 aromatic carbocycles. The Hall–Kier alpha value is -0.940. The van der Waals surface area contributed by atoms with Crippen LogP contribution < -0.4 is 5.56 Å². The average Bonchev–Trinajstić information content (AvgIpc) is 2.17. The largest absolute Gasteiger partial charge is 0.269 e. The van der Waals surface area contributed by atoms with E-state index in [1.807, 2.05) is 0 Å². The highest BCUT2D eigenvalue weighted by molar-refractivity contribution is 9.10. The Morgan fingerprint density at radius 3 is 2.73 bits per heavy atom. The first kappa shape index (κ1) is 10.6. The van der Waals surface area contributed by atoms with Gasteiger partial charge in [0.15, 0.2) is 10.8 Å². The number of fused-ring (bicyclic) bond motifs is 1. The zero-order valence-corrected chi connectivity index (χ0v) is 10.4. The van der Waals surface area contributed by atoms with E-state index in [0.29, 0.717) is 21.5 Å². The molecule has 15 heavy (non-hydrogen) atoms. The summed E-state index contributed by atoms with van der Waals surface area (Å²) in [7, 11) is 0. The van der Waals surface area contributed by atoms with E-state index in [-0.39, 0.29) is 10.7 Å². The predicted molar refractivity (Wildman–Crippen MR) is 61.4 cm³/mol. The molecule has 0 saturated heterocycles. The molecule has 2 heterocycles. The average molecular weight is 289 g/mol. The maximum absolute atomic E-state index is 11.9. The van der Waals surface area contributed by atoms with Gasteiger partial charge in [-0.1, -0.05) is 11.6 Å². The van der Waals surface area contributed by atoms with Gasteiger partial charge in [0.25, 0.3) is 5.56 Å². The summed E-state index contributed by atoms with van der Waals surface area (Å²) in [5.74, 6) is 0. The molecule has 0 spiro atoms. The van der Waals surface area contributed by atoms with E-state index >= 15 is 0 Å². The topological polar surface area (TPSA) is 47.3 Å². The Labute approximate surface area is 99.1 Å². The smallest absolute Gasteiger partial charge is 0.261 e. The summed E-state index contributed by atoms with van der Waals surface area (Å²) in [5.41, 5.74) is 1.54. The normalized spacial score (nSPS) is 10.9. The molecule has 2 rings (SSSR count). The van der Waals surface area contributed by atoms with E-state index in [1.54, 1.807) is 20.0 Å². The third-order valence-electron chi connectivity index (χ3n) is 2.21. The minimum Gasteiger partial charge on any atom is -0.269 e. The van der Waals surface area contributed by atoms with Crippen molar-refractivity contribution in [3.63, 3.8) is 0 Å². The van der Waals surface area contributed by atoms with Crippen LogP contribution in [-0.2, 0) is 0 Å². The fourth-order valence-corrected chi connectivity index (χ4v) is 1.98. The Bertz CT molecular complexity index is 608. The SMILES string of the molecule is Cc1nc2c(Cl)nc(Br)cn2c(=O)c1C. The molecule has 0 amide bonds. The third kappa shape index (κ3) is 1.66. The lowest BCUT2D eigenvalue weighted by Crippen LogP contribution is -2.19. The van der Waals surface area contributed by atoms with Crippen LogP contribution in [-0.4, -0.2) is 14.4 Å². The van der Waals surface area contributed by atoms with Crippen molar-refractivity contribution >= 4 is 33.2 Å². The fourth-order valence-electron chi connectivity index (χ4n) is 1.27. The van der Waals surface area contributed by atoms with E-state index < -0.39 is 0 Å². The summed E-state index contributed by atoms with van der Waals surface area (Å²) in [4.78, 5) is 20.1. The van der Waals surface area contributed by atoms with E-state index in [4.69, 9.17) is 11.6 Å². The summed E-state index contributed by atoms with van der Waals surface area (Å²) in [6, 6.07) is 0. The maximum atomic E-state index is 11.9. The van der Waals surface area contributed by atoms with Gasteiger partial charge in [-0.05, 0) is 29.8 Å². The Kier molecular flexibility index (Phi) is 2.52. The molecule has 2 aromatic rings. The first-order chi connectivity index (χ1) is 7.00. The molecule has 0 bridgehead atoms. The van der Waals surface area contributed by atoms with Gasteiger partial charge in [0, 0.05) is 17.5 Å². The first-order valence-corrected chi connectivity index (χ1v) is 5.39. The number of halogens is 2. The summed E-state index contributed by atoms with van der Waals surface area (Å²) in [6.45, 7) is 3.51. The van der Waals surface area contributed by atoms with Crippen molar-refractivity contribution in [1.82, 2.24) is 14.4 Å². The van der Waals surface area contributed by atoms with Crippen molar-refractivity contribution in [3.05, 3.63) is 37.6 Å². The van der Waals surface area contributed by atoms with Crippen LogP contribution in [0.1, 0.15) is 11.3 Å². The molecule has 0 aliphatic rings. The molecule has 0 unspecified atom stereocenters. The van der Waals surface area contributed by atoms with E-state index in [1.165, 1.54) is 4.40 Å². The second-order valence-corrected chi connectivity index (χ2v) is 4.35. The zero-order valence-electron chi connectivity index (χ0n) is 8.08. The number of hydrogen-bond donors (Lipinski definition) is 0. The number of rotatable bonds is 0. The Morgan fingerprint density at radius 2 is 2.07 bits per heavy atom. The van der Waals surface area contributed by atoms with Gasteiger partial charge in [-0.3, -0.25) is 9.20 Å². The van der Waals surface area contributed by atoms with Crippen molar-refractivity contribution < 1.29 is 0 Å². The highest BCUT2D eigenvalue weighted by Crippen LogP contribution is 2.16. The lowest BCUT2D eigenvalue weighted by atomic mass is 10.3. The molecule has 78 valence electrons.